The predicted octanol–water partition coefficient (Wildman–Crippen LogP) is 1.68. The van der Waals surface area contributed by atoms with Crippen molar-refractivity contribution < 1.29 is 9.47 Å². The number of methoxy groups -OCH3 is 1. The number of ether oxygens (including phenoxy) is 2. The third-order valence-corrected chi connectivity index (χ3v) is 3.22. The van der Waals surface area contributed by atoms with E-state index in [0.717, 1.165) is 26.0 Å². The maximum Gasteiger partial charge on any atom is 0.162 e. The van der Waals surface area contributed by atoms with Crippen LogP contribution in [0.15, 0.2) is 0 Å². The van der Waals surface area contributed by atoms with Crippen molar-refractivity contribution in [2.75, 3.05) is 20.3 Å². The Bertz CT molecular complexity index is 149. The lowest BCUT2D eigenvalue weighted by atomic mass is 10.1. The quantitative estimate of drug-likeness (QED) is 0.384. The molecule has 0 heterocycles. The van der Waals surface area contributed by atoms with Gasteiger partial charge in [0.1, 0.15) is 4.11 Å². The Morgan fingerprint density at radius 2 is 2.13 bits per heavy atom. The zero-order chi connectivity index (χ0) is 11.7. The summed E-state index contributed by atoms with van der Waals surface area (Å²) in [6.07, 6.45) is 1.65. The van der Waals surface area contributed by atoms with E-state index in [-0.39, 0.29) is 10.5 Å². The molecule has 0 spiro atoms. The van der Waals surface area contributed by atoms with Crippen molar-refractivity contribution in [3.8, 4) is 0 Å². The van der Waals surface area contributed by atoms with Gasteiger partial charge >= 0.3 is 0 Å². The number of halogens is 1. The third kappa shape index (κ3) is 9.50. The van der Waals surface area contributed by atoms with Gasteiger partial charge in [-0.2, -0.15) is 0 Å². The first-order valence-corrected chi connectivity index (χ1v) is 6.62. The lowest BCUT2D eigenvalue weighted by Gasteiger charge is -2.19. The highest BCUT2D eigenvalue weighted by atomic mass is 127. The summed E-state index contributed by atoms with van der Waals surface area (Å²) < 4.78 is 10.7. The normalized spacial score (nSPS) is 17.4. The van der Waals surface area contributed by atoms with E-state index in [1.54, 1.807) is 7.11 Å². The molecule has 0 aromatic heterocycles. The first kappa shape index (κ1) is 15.6. The smallest absolute Gasteiger partial charge is 0.162 e. The minimum absolute atomic E-state index is 0.182. The monoisotopic (exact) mass is 330 g/mol. The van der Waals surface area contributed by atoms with E-state index >= 15 is 0 Å². The van der Waals surface area contributed by atoms with E-state index in [2.05, 4.69) is 41.8 Å². The molecule has 0 aliphatic heterocycles. The largest absolute Gasteiger partial charge is 0.384 e. The third-order valence-electron chi connectivity index (χ3n) is 2.05. The Morgan fingerprint density at radius 1 is 1.47 bits per heavy atom. The Labute approximate surface area is 106 Å². The van der Waals surface area contributed by atoms with Gasteiger partial charge in [-0.3, -0.25) is 11.1 Å². The van der Waals surface area contributed by atoms with Crippen molar-refractivity contribution in [2.45, 2.75) is 37.2 Å². The second-order valence-corrected chi connectivity index (χ2v) is 5.07. The van der Waals surface area contributed by atoms with Gasteiger partial charge in [0.05, 0.1) is 0 Å². The van der Waals surface area contributed by atoms with Crippen LogP contribution in [-0.4, -0.2) is 30.7 Å². The van der Waals surface area contributed by atoms with Crippen LogP contribution in [0.1, 0.15) is 26.7 Å². The average molecular weight is 330 g/mol. The van der Waals surface area contributed by atoms with Gasteiger partial charge in [0.25, 0.3) is 0 Å². The number of nitrogens with one attached hydrogen (secondary N) is 1. The molecule has 0 aromatic rings. The molecule has 0 saturated carbocycles. The number of hydrogen-bond acceptors (Lipinski definition) is 4. The number of alkyl halides is 1. The molecule has 3 N–H and O–H groups in total. The van der Waals surface area contributed by atoms with Gasteiger partial charge in [-0.05, 0) is 25.3 Å². The SMILES string of the molecule is CC[C@H](I)OC(N)NCC[C@H](C)COC. The zero-order valence-corrected chi connectivity index (χ0v) is 12.0. The van der Waals surface area contributed by atoms with E-state index in [9.17, 15) is 0 Å². The average Bonchev–Trinajstić information content (AvgIpc) is 2.18. The summed E-state index contributed by atoms with van der Waals surface area (Å²) in [4.78, 5) is 0. The number of hydrogen-bond donors (Lipinski definition) is 2. The summed E-state index contributed by atoms with van der Waals surface area (Å²) in [6.45, 7) is 5.88. The Morgan fingerprint density at radius 3 is 2.67 bits per heavy atom. The topological polar surface area (TPSA) is 56.5 Å². The van der Waals surface area contributed by atoms with Gasteiger partial charge in [0.2, 0.25) is 0 Å². The molecule has 1 unspecified atom stereocenters. The highest BCUT2D eigenvalue weighted by Gasteiger charge is 2.08. The Kier molecular flexibility index (Phi) is 10.1. The first-order valence-electron chi connectivity index (χ1n) is 5.37. The lowest BCUT2D eigenvalue weighted by molar-refractivity contribution is 0.0228. The molecule has 0 aromatic carbocycles. The lowest BCUT2D eigenvalue weighted by Crippen LogP contribution is -2.42. The van der Waals surface area contributed by atoms with Crippen molar-refractivity contribution >= 4 is 22.6 Å². The number of rotatable bonds is 9. The highest BCUT2D eigenvalue weighted by molar-refractivity contribution is 14.1. The maximum absolute atomic E-state index is 5.74. The predicted molar refractivity (Wildman–Crippen MR) is 70.8 cm³/mol. The first-order chi connectivity index (χ1) is 7.10. The van der Waals surface area contributed by atoms with Gasteiger partial charge in [-0.15, -0.1) is 0 Å². The summed E-state index contributed by atoms with van der Waals surface area (Å²) in [6, 6.07) is 0. The molecule has 0 bridgehead atoms. The van der Waals surface area contributed by atoms with Crippen LogP contribution in [0.25, 0.3) is 0 Å². The van der Waals surface area contributed by atoms with Crippen LogP contribution in [0.5, 0.6) is 0 Å². The fourth-order valence-corrected chi connectivity index (χ4v) is 1.46. The van der Waals surface area contributed by atoms with E-state index in [4.69, 9.17) is 15.2 Å². The molecule has 3 atom stereocenters. The van der Waals surface area contributed by atoms with Crippen LogP contribution in [0.3, 0.4) is 0 Å². The maximum atomic E-state index is 5.74. The van der Waals surface area contributed by atoms with E-state index < -0.39 is 0 Å². The minimum Gasteiger partial charge on any atom is -0.384 e. The molecular formula is C10H23IN2O2. The van der Waals surface area contributed by atoms with Crippen LogP contribution in [0, 0.1) is 5.92 Å². The molecule has 4 nitrogen and oxygen atoms in total. The number of nitrogens with two attached hydrogens (primary N) is 1. The standard InChI is InChI=1S/C10H23IN2O2/c1-4-9(11)15-10(12)13-6-5-8(2)7-14-3/h8-10,13H,4-7,12H2,1-3H3/t8-,9+,10?/m0/s1. The minimum atomic E-state index is -0.360. The fourth-order valence-electron chi connectivity index (χ4n) is 1.14. The van der Waals surface area contributed by atoms with Gasteiger partial charge in [-0.25, -0.2) is 0 Å². The Balaban J connectivity index is 3.41. The molecule has 0 aliphatic carbocycles. The van der Waals surface area contributed by atoms with Crippen LogP contribution in [0.2, 0.25) is 0 Å². The zero-order valence-electron chi connectivity index (χ0n) is 9.83. The second kappa shape index (κ2) is 9.77. The van der Waals surface area contributed by atoms with Crippen molar-refractivity contribution in [2.24, 2.45) is 11.7 Å². The van der Waals surface area contributed by atoms with Gasteiger partial charge in [-0.1, -0.05) is 36.4 Å². The summed E-state index contributed by atoms with van der Waals surface area (Å²) in [5.41, 5.74) is 5.74. The fraction of sp³-hybridized carbons (Fsp3) is 1.00. The van der Waals surface area contributed by atoms with E-state index in [1.165, 1.54) is 0 Å². The molecule has 0 rings (SSSR count). The summed E-state index contributed by atoms with van der Waals surface area (Å²) in [5, 5.41) is 3.13. The van der Waals surface area contributed by atoms with Crippen molar-refractivity contribution in [3.05, 3.63) is 0 Å². The molecule has 5 heteroatoms. The highest BCUT2D eigenvalue weighted by Crippen LogP contribution is 2.07. The molecule has 0 aliphatic rings. The summed E-state index contributed by atoms with van der Waals surface area (Å²) in [5.74, 6) is 0.552. The molecule has 92 valence electrons. The van der Waals surface area contributed by atoms with E-state index in [0.29, 0.717) is 5.92 Å². The molecule has 0 fully saturated rings. The van der Waals surface area contributed by atoms with Crippen LogP contribution < -0.4 is 11.1 Å². The van der Waals surface area contributed by atoms with Crippen LogP contribution in [0.4, 0.5) is 0 Å². The van der Waals surface area contributed by atoms with Gasteiger partial charge in [0.15, 0.2) is 6.35 Å². The van der Waals surface area contributed by atoms with Crippen LogP contribution >= 0.6 is 22.6 Å². The molecule has 0 radical (unpaired) electrons. The van der Waals surface area contributed by atoms with Crippen LogP contribution in [-0.2, 0) is 9.47 Å². The van der Waals surface area contributed by atoms with E-state index in [1.807, 2.05) is 0 Å². The second-order valence-electron chi connectivity index (χ2n) is 3.68. The molecule has 0 amide bonds. The Hall–Kier alpha value is 0.570. The molecule has 15 heavy (non-hydrogen) atoms. The molecular weight excluding hydrogens is 307 g/mol. The molecule has 0 saturated heterocycles. The van der Waals surface area contributed by atoms with Crippen molar-refractivity contribution in [1.82, 2.24) is 5.32 Å². The van der Waals surface area contributed by atoms with Gasteiger partial charge in [0, 0.05) is 13.7 Å². The van der Waals surface area contributed by atoms with Crippen molar-refractivity contribution in [1.29, 1.82) is 0 Å². The summed E-state index contributed by atoms with van der Waals surface area (Å²) >= 11 is 2.24. The van der Waals surface area contributed by atoms with Gasteiger partial charge < -0.3 is 9.47 Å². The summed E-state index contributed by atoms with van der Waals surface area (Å²) in [7, 11) is 1.72. The van der Waals surface area contributed by atoms with Crippen molar-refractivity contribution in [3.63, 3.8) is 0 Å².